The van der Waals surface area contributed by atoms with Crippen LogP contribution in [0.5, 0.6) is 0 Å². The number of nitrogens with one attached hydrogen (secondary N) is 1. The van der Waals surface area contributed by atoms with Gasteiger partial charge in [0, 0.05) is 12.6 Å². The molecule has 6 heteroatoms. The number of aryl methyl sites for hydroxylation is 1. The Morgan fingerprint density at radius 2 is 2.18 bits per heavy atom. The molecule has 0 aromatic carbocycles. The van der Waals surface area contributed by atoms with Crippen molar-refractivity contribution in [2.75, 3.05) is 6.54 Å². The number of aromatic amines is 1. The second-order valence-corrected chi connectivity index (χ2v) is 6.81. The van der Waals surface area contributed by atoms with E-state index in [9.17, 15) is 8.42 Å². The van der Waals surface area contributed by atoms with Gasteiger partial charge in [-0.05, 0) is 32.6 Å². The van der Waals surface area contributed by atoms with Crippen LogP contribution in [0.4, 0.5) is 0 Å². The van der Waals surface area contributed by atoms with Crippen molar-refractivity contribution in [2.24, 2.45) is 5.92 Å². The Kier molecular flexibility index (Phi) is 3.27. The monoisotopic (exact) mass is 257 g/mol. The lowest BCUT2D eigenvalue weighted by atomic mass is 9.95. The largest absolute Gasteiger partial charge is 0.281 e. The molecule has 0 spiro atoms. The van der Waals surface area contributed by atoms with Crippen molar-refractivity contribution in [1.82, 2.24) is 14.5 Å². The molecule has 0 bridgehead atoms. The minimum absolute atomic E-state index is 0.0676. The summed E-state index contributed by atoms with van der Waals surface area (Å²) in [5, 5.41) is 6.47. The van der Waals surface area contributed by atoms with Gasteiger partial charge in [-0.1, -0.05) is 6.92 Å². The molecular weight excluding hydrogens is 238 g/mol. The SMILES string of the molecule is Cc1[nH]ncc1S(=O)(=O)N1CCC(C)CC1C. The molecule has 0 saturated carbocycles. The van der Waals surface area contributed by atoms with Crippen LogP contribution in [0.2, 0.25) is 0 Å². The van der Waals surface area contributed by atoms with Gasteiger partial charge in [-0.15, -0.1) is 0 Å². The first-order chi connectivity index (χ1) is 7.93. The summed E-state index contributed by atoms with van der Waals surface area (Å²) in [7, 11) is -3.38. The topological polar surface area (TPSA) is 66.1 Å². The number of H-pyrrole nitrogens is 1. The van der Waals surface area contributed by atoms with Crippen molar-refractivity contribution >= 4 is 10.0 Å². The van der Waals surface area contributed by atoms with Gasteiger partial charge >= 0.3 is 0 Å². The Bertz CT molecular complexity index is 495. The Labute approximate surface area is 102 Å². The van der Waals surface area contributed by atoms with Crippen LogP contribution < -0.4 is 0 Å². The van der Waals surface area contributed by atoms with E-state index in [1.54, 1.807) is 11.2 Å². The van der Waals surface area contributed by atoms with E-state index in [-0.39, 0.29) is 6.04 Å². The third kappa shape index (κ3) is 2.24. The van der Waals surface area contributed by atoms with Gasteiger partial charge < -0.3 is 0 Å². The Hall–Kier alpha value is -0.880. The first-order valence-electron chi connectivity index (χ1n) is 5.94. The third-order valence-electron chi connectivity index (χ3n) is 3.45. The maximum atomic E-state index is 12.5. The number of hydrogen-bond acceptors (Lipinski definition) is 3. The van der Waals surface area contributed by atoms with Crippen LogP contribution in [0.25, 0.3) is 0 Å². The van der Waals surface area contributed by atoms with Gasteiger partial charge in [0.2, 0.25) is 10.0 Å². The van der Waals surface area contributed by atoms with Crippen LogP contribution >= 0.6 is 0 Å². The summed E-state index contributed by atoms with van der Waals surface area (Å²) in [6, 6.07) is 0.0676. The average Bonchev–Trinajstić information content (AvgIpc) is 2.64. The number of piperidine rings is 1. The van der Waals surface area contributed by atoms with Gasteiger partial charge in [-0.2, -0.15) is 9.40 Å². The predicted octanol–water partition coefficient (Wildman–Crippen LogP) is 1.53. The van der Waals surface area contributed by atoms with Crippen molar-refractivity contribution in [2.45, 2.75) is 44.6 Å². The first-order valence-corrected chi connectivity index (χ1v) is 7.38. The Balaban J connectivity index is 2.31. The molecule has 0 radical (unpaired) electrons. The fourth-order valence-electron chi connectivity index (χ4n) is 2.47. The van der Waals surface area contributed by atoms with E-state index < -0.39 is 10.0 Å². The van der Waals surface area contributed by atoms with Crippen LogP contribution in [0, 0.1) is 12.8 Å². The molecule has 1 fully saturated rings. The van der Waals surface area contributed by atoms with Crippen molar-refractivity contribution in [3.8, 4) is 0 Å². The van der Waals surface area contributed by atoms with E-state index in [1.165, 1.54) is 6.20 Å². The van der Waals surface area contributed by atoms with Crippen molar-refractivity contribution in [3.63, 3.8) is 0 Å². The highest BCUT2D eigenvalue weighted by Gasteiger charge is 2.34. The quantitative estimate of drug-likeness (QED) is 0.873. The molecule has 1 saturated heterocycles. The van der Waals surface area contributed by atoms with Gasteiger partial charge in [0.15, 0.2) is 0 Å². The lowest BCUT2D eigenvalue weighted by Crippen LogP contribution is -2.44. The predicted molar refractivity (Wildman–Crippen MR) is 65.1 cm³/mol. The van der Waals surface area contributed by atoms with Crippen LogP contribution in [-0.2, 0) is 10.0 Å². The number of hydrogen-bond donors (Lipinski definition) is 1. The molecule has 2 heterocycles. The molecule has 2 rings (SSSR count). The fourth-order valence-corrected chi connectivity index (χ4v) is 4.25. The summed E-state index contributed by atoms with van der Waals surface area (Å²) in [4.78, 5) is 0.305. The minimum Gasteiger partial charge on any atom is -0.281 e. The van der Waals surface area contributed by atoms with Crippen molar-refractivity contribution < 1.29 is 8.42 Å². The fraction of sp³-hybridized carbons (Fsp3) is 0.727. The second kappa shape index (κ2) is 4.42. The zero-order valence-electron chi connectivity index (χ0n) is 10.5. The highest BCUT2D eigenvalue weighted by Crippen LogP contribution is 2.28. The normalized spacial score (nSPS) is 27.2. The van der Waals surface area contributed by atoms with E-state index >= 15 is 0 Å². The number of rotatable bonds is 2. The highest BCUT2D eigenvalue weighted by molar-refractivity contribution is 7.89. The molecule has 1 aliphatic rings. The van der Waals surface area contributed by atoms with E-state index in [0.717, 1.165) is 12.8 Å². The highest BCUT2D eigenvalue weighted by atomic mass is 32.2. The van der Waals surface area contributed by atoms with Gasteiger partial charge in [0.25, 0.3) is 0 Å². The summed E-state index contributed by atoms with van der Waals surface area (Å²) in [5.74, 6) is 0.599. The molecule has 1 N–H and O–H groups in total. The molecule has 0 aliphatic carbocycles. The zero-order chi connectivity index (χ0) is 12.6. The minimum atomic E-state index is -3.38. The number of nitrogens with zero attached hydrogens (tertiary/aromatic N) is 2. The first kappa shape index (κ1) is 12.6. The summed E-state index contributed by atoms with van der Waals surface area (Å²) < 4.78 is 26.5. The molecule has 1 aliphatic heterocycles. The number of aromatic nitrogens is 2. The third-order valence-corrected chi connectivity index (χ3v) is 5.58. The van der Waals surface area contributed by atoms with Gasteiger partial charge in [-0.3, -0.25) is 5.10 Å². The summed E-state index contributed by atoms with van der Waals surface area (Å²) in [6.07, 6.45) is 3.26. The van der Waals surface area contributed by atoms with Crippen molar-refractivity contribution in [1.29, 1.82) is 0 Å². The van der Waals surface area contributed by atoms with Crippen LogP contribution in [-0.4, -0.2) is 35.5 Å². The van der Waals surface area contributed by atoms with Crippen molar-refractivity contribution in [3.05, 3.63) is 11.9 Å². The van der Waals surface area contributed by atoms with Gasteiger partial charge in [0.1, 0.15) is 4.90 Å². The van der Waals surface area contributed by atoms with E-state index in [2.05, 4.69) is 17.1 Å². The zero-order valence-corrected chi connectivity index (χ0v) is 11.3. The second-order valence-electron chi connectivity index (χ2n) is 4.95. The maximum Gasteiger partial charge on any atom is 0.246 e. The van der Waals surface area contributed by atoms with Gasteiger partial charge in [0.05, 0.1) is 11.9 Å². The molecule has 17 heavy (non-hydrogen) atoms. The molecule has 5 nitrogen and oxygen atoms in total. The Morgan fingerprint density at radius 1 is 1.47 bits per heavy atom. The molecule has 1 aromatic heterocycles. The molecule has 0 amide bonds. The number of sulfonamides is 1. The summed E-state index contributed by atoms with van der Waals surface area (Å²) in [6.45, 7) is 6.48. The average molecular weight is 257 g/mol. The Morgan fingerprint density at radius 3 is 2.71 bits per heavy atom. The summed E-state index contributed by atoms with van der Waals surface area (Å²) >= 11 is 0. The molecule has 2 atom stereocenters. The van der Waals surface area contributed by atoms with Crippen LogP contribution in [0.3, 0.4) is 0 Å². The van der Waals surface area contributed by atoms with Crippen LogP contribution in [0.1, 0.15) is 32.4 Å². The molecular formula is C11H19N3O2S. The van der Waals surface area contributed by atoms with E-state index in [0.29, 0.717) is 23.1 Å². The molecule has 96 valence electrons. The lowest BCUT2D eigenvalue weighted by Gasteiger charge is -2.35. The van der Waals surface area contributed by atoms with Crippen LogP contribution in [0.15, 0.2) is 11.1 Å². The molecule has 2 unspecified atom stereocenters. The standard InChI is InChI=1S/C11H19N3O2S/c1-8-4-5-14(9(2)6-8)17(15,16)11-7-12-13-10(11)3/h7-9H,4-6H2,1-3H3,(H,12,13). The van der Waals surface area contributed by atoms with E-state index in [4.69, 9.17) is 0 Å². The maximum absolute atomic E-state index is 12.5. The molecule has 1 aromatic rings. The van der Waals surface area contributed by atoms with Gasteiger partial charge in [-0.25, -0.2) is 8.42 Å². The smallest absolute Gasteiger partial charge is 0.246 e. The summed E-state index contributed by atoms with van der Waals surface area (Å²) in [5.41, 5.74) is 0.607. The van der Waals surface area contributed by atoms with E-state index in [1.807, 2.05) is 6.92 Å². The lowest BCUT2D eigenvalue weighted by molar-refractivity contribution is 0.220.